The Kier molecular flexibility index (Phi) is 6.63. The van der Waals surface area contributed by atoms with Gasteiger partial charge in [-0.3, -0.25) is 4.90 Å². The van der Waals surface area contributed by atoms with Crippen molar-refractivity contribution in [2.75, 3.05) is 31.1 Å². The van der Waals surface area contributed by atoms with E-state index in [-0.39, 0.29) is 22.8 Å². The van der Waals surface area contributed by atoms with E-state index in [4.69, 9.17) is 11.6 Å². The zero-order valence-corrected chi connectivity index (χ0v) is 18.4. The predicted octanol–water partition coefficient (Wildman–Crippen LogP) is 3.89. The minimum atomic E-state index is -3.59. The average Bonchev–Trinajstić information content (AvgIpc) is 2.75. The number of piperazine rings is 1. The third-order valence-electron chi connectivity index (χ3n) is 6.13. The highest BCUT2D eigenvalue weighted by Gasteiger charge is 2.34. The molecule has 0 radical (unpaired) electrons. The summed E-state index contributed by atoms with van der Waals surface area (Å²) in [4.78, 5) is 4.91. The summed E-state index contributed by atoms with van der Waals surface area (Å²) in [6, 6.07) is 13.0. The molecule has 1 heterocycles. The Morgan fingerprint density at radius 1 is 0.900 bits per heavy atom. The van der Waals surface area contributed by atoms with Crippen LogP contribution in [-0.4, -0.2) is 51.6 Å². The fraction of sp³-hybridized carbons (Fsp3) is 0.455. The van der Waals surface area contributed by atoms with Crippen LogP contribution in [0.25, 0.3) is 0 Å². The number of halogens is 2. The van der Waals surface area contributed by atoms with Crippen LogP contribution < -0.4 is 9.62 Å². The van der Waals surface area contributed by atoms with Crippen molar-refractivity contribution >= 4 is 27.3 Å². The lowest BCUT2D eigenvalue weighted by Gasteiger charge is -2.44. The van der Waals surface area contributed by atoms with Crippen LogP contribution in [0.1, 0.15) is 25.7 Å². The largest absolute Gasteiger partial charge is 0.369 e. The zero-order valence-electron chi connectivity index (χ0n) is 16.8. The molecule has 4 rings (SSSR count). The maximum atomic E-state index is 13.2. The van der Waals surface area contributed by atoms with Crippen molar-refractivity contribution in [1.29, 1.82) is 0 Å². The Bertz CT molecular complexity index is 945. The quantitative estimate of drug-likeness (QED) is 0.749. The van der Waals surface area contributed by atoms with Gasteiger partial charge in [0.1, 0.15) is 5.82 Å². The van der Waals surface area contributed by atoms with E-state index in [1.54, 1.807) is 24.3 Å². The fourth-order valence-corrected chi connectivity index (χ4v) is 5.96. The first-order valence-electron chi connectivity index (χ1n) is 10.4. The van der Waals surface area contributed by atoms with Crippen LogP contribution in [0, 0.1) is 5.82 Å². The van der Waals surface area contributed by atoms with Gasteiger partial charge in [0.25, 0.3) is 0 Å². The Morgan fingerprint density at radius 2 is 1.53 bits per heavy atom. The summed E-state index contributed by atoms with van der Waals surface area (Å²) in [6.07, 6.45) is 3.97. The highest BCUT2D eigenvalue weighted by atomic mass is 35.5. The molecule has 30 heavy (non-hydrogen) atoms. The van der Waals surface area contributed by atoms with E-state index in [1.807, 2.05) is 12.1 Å². The Hall–Kier alpha value is -1.67. The van der Waals surface area contributed by atoms with Gasteiger partial charge in [-0.2, -0.15) is 0 Å². The van der Waals surface area contributed by atoms with Gasteiger partial charge in [0.05, 0.1) is 4.90 Å². The van der Waals surface area contributed by atoms with Crippen molar-refractivity contribution in [1.82, 2.24) is 9.62 Å². The lowest BCUT2D eigenvalue weighted by Crippen LogP contribution is -2.58. The third-order valence-corrected chi connectivity index (χ3v) is 7.89. The third kappa shape index (κ3) is 4.97. The van der Waals surface area contributed by atoms with E-state index in [1.165, 1.54) is 12.1 Å². The molecule has 0 unspecified atom stereocenters. The number of sulfonamides is 1. The van der Waals surface area contributed by atoms with Gasteiger partial charge in [-0.1, -0.05) is 24.4 Å². The Morgan fingerprint density at radius 3 is 2.20 bits per heavy atom. The predicted molar refractivity (Wildman–Crippen MR) is 118 cm³/mol. The molecular formula is C22H27ClFN3O2S. The molecule has 162 valence electrons. The average molecular weight is 452 g/mol. The van der Waals surface area contributed by atoms with Crippen molar-refractivity contribution in [3.63, 3.8) is 0 Å². The first-order valence-corrected chi connectivity index (χ1v) is 12.3. The smallest absolute Gasteiger partial charge is 0.240 e. The second-order valence-electron chi connectivity index (χ2n) is 8.03. The monoisotopic (exact) mass is 451 g/mol. The van der Waals surface area contributed by atoms with Crippen molar-refractivity contribution in [3.8, 4) is 0 Å². The van der Waals surface area contributed by atoms with Crippen molar-refractivity contribution in [2.24, 2.45) is 0 Å². The maximum absolute atomic E-state index is 13.2. The van der Waals surface area contributed by atoms with Gasteiger partial charge in [-0.15, -0.1) is 0 Å². The summed E-state index contributed by atoms with van der Waals surface area (Å²) in [5.74, 6) is -0.226. The number of nitrogens with zero attached hydrogens (tertiary/aromatic N) is 2. The van der Waals surface area contributed by atoms with Crippen molar-refractivity contribution < 1.29 is 12.8 Å². The SMILES string of the molecule is O=S(=O)(N[C@@H]1CCCC[C@H]1N1CCN(c2ccc(F)cc2)CC1)c1ccc(Cl)cc1. The van der Waals surface area contributed by atoms with Crippen molar-refractivity contribution in [2.45, 2.75) is 42.7 Å². The molecular weight excluding hydrogens is 425 g/mol. The molecule has 2 aromatic rings. The summed E-state index contributed by atoms with van der Waals surface area (Å²) < 4.78 is 41.9. The van der Waals surface area contributed by atoms with Gasteiger partial charge >= 0.3 is 0 Å². The van der Waals surface area contributed by atoms with Gasteiger partial charge in [0.15, 0.2) is 0 Å². The van der Waals surface area contributed by atoms with E-state index in [9.17, 15) is 12.8 Å². The number of anilines is 1. The van der Waals surface area contributed by atoms with Crippen LogP contribution in [-0.2, 0) is 10.0 Å². The number of hydrogen-bond acceptors (Lipinski definition) is 4. The zero-order chi connectivity index (χ0) is 21.1. The summed E-state index contributed by atoms with van der Waals surface area (Å²) >= 11 is 5.90. The minimum Gasteiger partial charge on any atom is -0.369 e. The molecule has 1 saturated carbocycles. The summed E-state index contributed by atoms with van der Waals surface area (Å²) in [6.45, 7) is 3.42. The summed E-state index contributed by atoms with van der Waals surface area (Å²) in [5, 5.41) is 0.517. The topological polar surface area (TPSA) is 52.7 Å². The molecule has 0 spiro atoms. The van der Waals surface area contributed by atoms with Gasteiger partial charge in [-0.25, -0.2) is 17.5 Å². The van der Waals surface area contributed by atoms with Gasteiger partial charge in [0.2, 0.25) is 10.0 Å². The molecule has 2 fully saturated rings. The fourth-order valence-electron chi connectivity index (χ4n) is 4.53. The Balaban J connectivity index is 1.41. The van der Waals surface area contributed by atoms with E-state index < -0.39 is 10.0 Å². The lowest BCUT2D eigenvalue weighted by molar-refractivity contribution is 0.124. The molecule has 1 saturated heterocycles. The van der Waals surface area contributed by atoms with Crippen LogP contribution in [0.4, 0.5) is 10.1 Å². The molecule has 0 amide bonds. The highest BCUT2D eigenvalue weighted by molar-refractivity contribution is 7.89. The molecule has 8 heteroatoms. The summed E-state index contributed by atoms with van der Waals surface area (Å²) in [5.41, 5.74) is 1.03. The Labute approximate surface area is 182 Å². The standard InChI is InChI=1S/C22H27ClFN3O2S/c23-17-5-11-20(12-6-17)30(28,29)25-21-3-1-2-4-22(21)27-15-13-26(14-16-27)19-9-7-18(24)8-10-19/h5-12,21-22,25H,1-4,13-16H2/t21-,22-/m1/s1. The lowest BCUT2D eigenvalue weighted by atomic mass is 9.89. The number of nitrogens with one attached hydrogen (secondary N) is 1. The molecule has 1 aliphatic carbocycles. The molecule has 2 aromatic carbocycles. The molecule has 2 atom stereocenters. The minimum absolute atomic E-state index is 0.100. The molecule has 0 bridgehead atoms. The maximum Gasteiger partial charge on any atom is 0.240 e. The van der Waals surface area contributed by atoms with Crippen LogP contribution in [0.3, 0.4) is 0 Å². The normalized spacial score (nSPS) is 23.5. The number of benzene rings is 2. The first kappa shape index (κ1) is 21.6. The van der Waals surface area contributed by atoms with Gasteiger partial charge < -0.3 is 4.90 Å². The molecule has 1 aliphatic heterocycles. The van der Waals surface area contributed by atoms with Crippen LogP contribution in [0.15, 0.2) is 53.4 Å². The molecule has 1 N–H and O–H groups in total. The van der Waals surface area contributed by atoms with E-state index in [0.717, 1.165) is 57.5 Å². The second kappa shape index (κ2) is 9.22. The number of hydrogen-bond donors (Lipinski definition) is 1. The van der Waals surface area contributed by atoms with Crippen molar-refractivity contribution in [3.05, 3.63) is 59.4 Å². The van der Waals surface area contributed by atoms with E-state index in [2.05, 4.69) is 14.5 Å². The second-order valence-corrected chi connectivity index (χ2v) is 10.2. The highest BCUT2D eigenvalue weighted by Crippen LogP contribution is 2.27. The molecule has 0 aromatic heterocycles. The van der Waals surface area contributed by atoms with E-state index >= 15 is 0 Å². The molecule has 5 nitrogen and oxygen atoms in total. The van der Waals surface area contributed by atoms with Gasteiger partial charge in [0, 0.05) is 49.0 Å². The van der Waals surface area contributed by atoms with Crippen LogP contribution in [0.5, 0.6) is 0 Å². The van der Waals surface area contributed by atoms with E-state index in [0.29, 0.717) is 5.02 Å². The van der Waals surface area contributed by atoms with Crippen LogP contribution >= 0.6 is 11.6 Å². The summed E-state index contributed by atoms with van der Waals surface area (Å²) in [7, 11) is -3.59. The first-order chi connectivity index (χ1) is 14.4. The molecule has 2 aliphatic rings. The van der Waals surface area contributed by atoms with Gasteiger partial charge in [-0.05, 0) is 61.4 Å². The van der Waals surface area contributed by atoms with Crippen LogP contribution in [0.2, 0.25) is 5.02 Å². The number of rotatable bonds is 5.